The lowest BCUT2D eigenvalue weighted by molar-refractivity contribution is 0.190. The molecule has 1 fully saturated rings. The zero-order valence-corrected chi connectivity index (χ0v) is 15.2. The van der Waals surface area contributed by atoms with Gasteiger partial charge in [-0.05, 0) is 36.2 Å². The highest BCUT2D eigenvalue weighted by Gasteiger charge is 2.23. The van der Waals surface area contributed by atoms with Crippen molar-refractivity contribution in [2.24, 2.45) is 0 Å². The number of hydrogen-bond donors (Lipinski definition) is 1. The molecule has 1 heterocycles. The lowest BCUT2D eigenvalue weighted by Crippen LogP contribution is -2.52. The molecule has 0 aliphatic carbocycles. The van der Waals surface area contributed by atoms with E-state index in [4.69, 9.17) is 11.6 Å². The van der Waals surface area contributed by atoms with Gasteiger partial charge in [0.05, 0.1) is 6.04 Å². The number of carbonyl (C=O) groups is 1. The minimum atomic E-state index is 0.00881. The summed E-state index contributed by atoms with van der Waals surface area (Å²) in [5.74, 6) is 0. The van der Waals surface area contributed by atoms with Crippen molar-refractivity contribution in [2.75, 3.05) is 31.1 Å². The summed E-state index contributed by atoms with van der Waals surface area (Å²) < 4.78 is 0. The number of nitrogens with one attached hydrogen (secondary N) is 1. The Morgan fingerprint density at radius 3 is 2.28 bits per heavy atom. The van der Waals surface area contributed by atoms with Crippen molar-refractivity contribution < 1.29 is 4.79 Å². The second-order valence-electron chi connectivity index (χ2n) is 6.27. The van der Waals surface area contributed by atoms with Crippen molar-refractivity contribution in [1.29, 1.82) is 0 Å². The second-order valence-corrected chi connectivity index (χ2v) is 6.71. The number of benzene rings is 2. The summed E-state index contributed by atoms with van der Waals surface area (Å²) in [5, 5.41) is 3.86. The van der Waals surface area contributed by atoms with E-state index in [-0.39, 0.29) is 12.1 Å². The minimum Gasteiger partial charge on any atom is -0.368 e. The van der Waals surface area contributed by atoms with Gasteiger partial charge in [0, 0.05) is 36.9 Å². The van der Waals surface area contributed by atoms with Crippen molar-refractivity contribution in [3.05, 3.63) is 65.2 Å². The Labute approximate surface area is 154 Å². The van der Waals surface area contributed by atoms with E-state index >= 15 is 0 Å². The predicted molar refractivity (Wildman–Crippen MR) is 103 cm³/mol. The Bertz CT molecular complexity index is 682. The summed E-state index contributed by atoms with van der Waals surface area (Å²) in [6, 6.07) is 18.1. The molecule has 0 aromatic heterocycles. The second kappa shape index (κ2) is 8.26. The molecule has 0 radical (unpaired) electrons. The first-order chi connectivity index (χ1) is 12.2. The van der Waals surface area contributed by atoms with Crippen LogP contribution in [-0.4, -0.2) is 37.1 Å². The maximum atomic E-state index is 12.6. The molecule has 1 atom stereocenters. The number of piperazine rings is 1. The van der Waals surface area contributed by atoms with Gasteiger partial charge in [0.1, 0.15) is 0 Å². The molecule has 1 aliphatic rings. The summed E-state index contributed by atoms with van der Waals surface area (Å²) in [7, 11) is 0. The van der Waals surface area contributed by atoms with Gasteiger partial charge < -0.3 is 15.1 Å². The number of anilines is 1. The third-order valence-corrected chi connectivity index (χ3v) is 4.92. The number of halogens is 1. The molecular weight excluding hydrogens is 334 g/mol. The van der Waals surface area contributed by atoms with Crippen molar-refractivity contribution in [3.63, 3.8) is 0 Å². The van der Waals surface area contributed by atoms with Gasteiger partial charge in [-0.25, -0.2) is 4.79 Å². The molecule has 5 heteroatoms. The van der Waals surface area contributed by atoms with Crippen LogP contribution in [0.3, 0.4) is 0 Å². The van der Waals surface area contributed by atoms with Gasteiger partial charge in [0.2, 0.25) is 0 Å². The predicted octanol–water partition coefficient (Wildman–Crippen LogP) is 4.32. The van der Waals surface area contributed by atoms with Gasteiger partial charge in [-0.2, -0.15) is 0 Å². The van der Waals surface area contributed by atoms with E-state index < -0.39 is 0 Å². The first-order valence-corrected chi connectivity index (χ1v) is 9.16. The molecule has 3 rings (SSSR count). The summed E-state index contributed by atoms with van der Waals surface area (Å²) in [6.07, 6.45) is 0.845. The number of hydrogen-bond acceptors (Lipinski definition) is 2. The van der Waals surface area contributed by atoms with Crippen LogP contribution in [0.25, 0.3) is 0 Å². The highest BCUT2D eigenvalue weighted by molar-refractivity contribution is 6.30. The maximum absolute atomic E-state index is 12.6. The summed E-state index contributed by atoms with van der Waals surface area (Å²) in [6.45, 7) is 5.26. The van der Waals surface area contributed by atoms with Crippen LogP contribution < -0.4 is 10.2 Å². The molecule has 0 bridgehead atoms. The monoisotopic (exact) mass is 357 g/mol. The van der Waals surface area contributed by atoms with Crippen LogP contribution in [0.4, 0.5) is 10.5 Å². The van der Waals surface area contributed by atoms with Crippen molar-refractivity contribution in [3.8, 4) is 0 Å². The summed E-state index contributed by atoms with van der Waals surface area (Å²) in [4.78, 5) is 16.8. The van der Waals surface area contributed by atoms with Gasteiger partial charge in [-0.3, -0.25) is 0 Å². The first-order valence-electron chi connectivity index (χ1n) is 8.78. The fourth-order valence-electron chi connectivity index (χ4n) is 3.16. The number of carbonyl (C=O) groups excluding carboxylic acids is 1. The molecule has 1 saturated heterocycles. The van der Waals surface area contributed by atoms with Crippen molar-refractivity contribution in [1.82, 2.24) is 10.2 Å². The molecule has 0 spiro atoms. The van der Waals surface area contributed by atoms with Crippen LogP contribution in [0.5, 0.6) is 0 Å². The molecule has 2 aromatic rings. The molecule has 132 valence electrons. The normalized spacial score (nSPS) is 15.8. The molecule has 1 unspecified atom stereocenters. The van der Waals surface area contributed by atoms with Gasteiger partial charge in [-0.1, -0.05) is 48.9 Å². The zero-order valence-electron chi connectivity index (χ0n) is 14.5. The topological polar surface area (TPSA) is 35.6 Å². The van der Waals surface area contributed by atoms with Gasteiger partial charge in [0.25, 0.3) is 0 Å². The van der Waals surface area contributed by atoms with Gasteiger partial charge in [0.15, 0.2) is 0 Å². The van der Waals surface area contributed by atoms with Crippen LogP contribution in [0.2, 0.25) is 5.02 Å². The number of urea groups is 1. The van der Waals surface area contributed by atoms with Crippen molar-refractivity contribution >= 4 is 23.3 Å². The average molecular weight is 358 g/mol. The van der Waals surface area contributed by atoms with E-state index in [2.05, 4.69) is 29.3 Å². The Hall–Kier alpha value is -2.20. The van der Waals surface area contributed by atoms with Crippen LogP contribution >= 0.6 is 11.6 Å². The van der Waals surface area contributed by atoms with E-state index in [1.54, 1.807) is 0 Å². The fourth-order valence-corrected chi connectivity index (χ4v) is 3.29. The molecule has 4 nitrogen and oxygen atoms in total. The SMILES string of the molecule is CCC(NC(=O)N1CCN(c2ccccc2)CC1)c1ccc(Cl)cc1. The van der Waals surface area contributed by atoms with Crippen LogP contribution in [0, 0.1) is 0 Å². The van der Waals surface area contributed by atoms with E-state index in [0.717, 1.165) is 38.2 Å². The molecule has 2 aromatic carbocycles. The molecular formula is C20H24ClN3O. The molecule has 1 aliphatic heterocycles. The largest absolute Gasteiger partial charge is 0.368 e. The third kappa shape index (κ3) is 4.45. The van der Waals surface area contributed by atoms with Crippen LogP contribution in [-0.2, 0) is 0 Å². The van der Waals surface area contributed by atoms with Crippen LogP contribution in [0.1, 0.15) is 24.9 Å². The molecule has 2 amide bonds. The zero-order chi connectivity index (χ0) is 17.6. The smallest absolute Gasteiger partial charge is 0.318 e. The van der Waals surface area contributed by atoms with E-state index in [0.29, 0.717) is 5.02 Å². The van der Waals surface area contributed by atoms with Crippen LogP contribution in [0.15, 0.2) is 54.6 Å². The number of rotatable bonds is 4. The van der Waals surface area contributed by atoms with Crippen molar-refractivity contribution in [2.45, 2.75) is 19.4 Å². The molecule has 0 saturated carbocycles. The maximum Gasteiger partial charge on any atom is 0.318 e. The summed E-state index contributed by atoms with van der Waals surface area (Å²) in [5.41, 5.74) is 2.30. The quantitative estimate of drug-likeness (QED) is 0.884. The highest BCUT2D eigenvalue weighted by Crippen LogP contribution is 2.20. The Morgan fingerprint density at radius 2 is 1.68 bits per heavy atom. The fraction of sp³-hybridized carbons (Fsp3) is 0.350. The Balaban J connectivity index is 1.56. The third-order valence-electron chi connectivity index (χ3n) is 4.67. The minimum absolute atomic E-state index is 0.00881. The highest BCUT2D eigenvalue weighted by atomic mass is 35.5. The lowest BCUT2D eigenvalue weighted by atomic mass is 10.1. The van der Waals surface area contributed by atoms with Gasteiger partial charge in [-0.15, -0.1) is 0 Å². The van der Waals surface area contributed by atoms with E-state index in [9.17, 15) is 4.79 Å². The Morgan fingerprint density at radius 1 is 1.04 bits per heavy atom. The standard InChI is InChI=1S/C20H24ClN3O/c1-2-19(16-8-10-17(21)11-9-16)22-20(25)24-14-12-23(13-15-24)18-6-4-3-5-7-18/h3-11,19H,2,12-15H2,1H3,(H,22,25). The molecule has 25 heavy (non-hydrogen) atoms. The number of nitrogens with zero attached hydrogens (tertiary/aromatic N) is 2. The number of para-hydroxylation sites is 1. The lowest BCUT2D eigenvalue weighted by Gasteiger charge is -2.36. The van der Waals surface area contributed by atoms with Gasteiger partial charge >= 0.3 is 6.03 Å². The van der Waals surface area contributed by atoms with E-state index in [1.807, 2.05) is 47.4 Å². The number of amides is 2. The Kier molecular flexibility index (Phi) is 5.82. The average Bonchev–Trinajstić information content (AvgIpc) is 2.67. The first kappa shape index (κ1) is 17.6. The summed E-state index contributed by atoms with van der Waals surface area (Å²) >= 11 is 5.95. The van der Waals surface area contributed by atoms with E-state index in [1.165, 1.54) is 5.69 Å². The molecule has 1 N–H and O–H groups in total.